The van der Waals surface area contributed by atoms with Gasteiger partial charge in [-0.2, -0.15) is 5.10 Å². The molecule has 2 heterocycles. The SMILES string of the molecule is O=C(CCCn1cncn1)N1CCCN(C(=O)Nc2ccccc2)CC1. The molecule has 1 saturated heterocycles. The summed E-state index contributed by atoms with van der Waals surface area (Å²) in [5.74, 6) is 0.135. The first-order valence-corrected chi connectivity index (χ1v) is 8.93. The molecule has 1 aromatic carbocycles. The van der Waals surface area contributed by atoms with Crippen molar-refractivity contribution in [1.29, 1.82) is 0 Å². The van der Waals surface area contributed by atoms with E-state index in [-0.39, 0.29) is 11.9 Å². The average Bonchev–Trinajstić information content (AvgIpc) is 3.04. The quantitative estimate of drug-likeness (QED) is 0.886. The number of amides is 3. The number of carbonyl (C=O) groups excluding carboxylic acids is 2. The van der Waals surface area contributed by atoms with Gasteiger partial charge < -0.3 is 15.1 Å². The van der Waals surface area contributed by atoms with Crippen molar-refractivity contribution in [3.05, 3.63) is 43.0 Å². The van der Waals surface area contributed by atoms with Crippen molar-refractivity contribution in [3.8, 4) is 0 Å². The van der Waals surface area contributed by atoms with Crippen LogP contribution in [0.4, 0.5) is 10.5 Å². The maximum absolute atomic E-state index is 12.4. The van der Waals surface area contributed by atoms with Gasteiger partial charge in [0.15, 0.2) is 0 Å². The van der Waals surface area contributed by atoms with Crippen LogP contribution in [-0.4, -0.2) is 62.7 Å². The summed E-state index contributed by atoms with van der Waals surface area (Å²) in [6.45, 7) is 3.15. The Morgan fingerprint density at radius 1 is 1.04 bits per heavy atom. The molecule has 1 fully saturated rings. The van der Waals surface area contributed by atoms with Crippen LogP contribution in [0.1, 0.15) is 19.3 Å². The number of carbonyl (C=O) groups is 2. The molecule has 8 heteroatoms. The summed E-state index contributed by atoms with van der Waals surface area (Å²) in [7, 11) is 0. The fourth-order valence-electron chi connectivity index (χ4n) is 2.99. The third-order valence-electron chi connectivity index (χ3n) is 4.41. The number of anilines is 1. The molecule has 0 radical (unpaired) electrons. The molecule has 0 spiro atoms. The van der Waals surface area contributed by atoms with Crippen LogP contribution in [0.5, 0.6) is 0 Å². The Balaban J connectivity index is 1.43. The van der Waals surface area contributed by atoms with E-state index >= 15 is 0 Å². The minimum absolute atomic E-state index is 0.114. The second-order valence-corrected chi connectivity index (χ2v) is 6.28. The van der Waals surface area contributed by atoms with Crippen molar-refractivity contribution < 1.29 is 9.59 Å². The summed E-state index contributed by atoms with van der Waals surface area (Å²) < 4.78 is 1.73. The first kappa shape index (κ1) is 17.9. The fourth-order valence-corrected chi connectivity index (χ4v) is 2.99. The Bertz CT molecular complexity index is 704. The van der Waals surface area contributed by atoms with Crippen LogP contribution < -0.4 is 5.32 Å². The van der Waals surface area contributed by atoms with Gasteiger partial charge in [0.1, 0.15) is 12.7 Å². The second-order valence-electron chi connectivity index (χ2n) is 6.28. The molecule has 138 valence electrons. The number of para-hydroxylation sites is 1. The van der Waals surface area contributed by atoms with E-state index in [4.69, 9.17) is 0 Å². The predicted molar refractivity (Wildman–Crippen MR) is 97.5 cm³/mol. The van der Waals surface area contributed by atoms with Crippen LogP contribution in [0.3, 0.4) is 0 Å². The molecule has 8 nitrogen and oxygen atoms in total. The van der Waals surface area contributed by atoms with E-state index in [0.29, 0.717) is 39.1 Å². The van der Waals surface area contributed by atoms with Gasteiger partial charge in [-0.3, -0.25) is 9.48 Å². The molecule has 0 saturated carbocycles. The highest BCUT2D eigenvalue weighted by atomic mass is 16.2. The van der Waals surface area contributed by atoms with Crippen molar-refractivity contribution in [2.45, 2.75) is 25.8 Å². The van der Waals surface area contributed by atoms with Gasteiger partial charge in [0.25, 0.3) is 0 Å². The van der Waals surface area contributed by atoms with Crippen molar-refractivity contribution in [3.63, 3.8) is 0 Å². The molecule has 26 heavy (non-hydrogen) atoms. The summed E-state index contributed by atoms with van der Waals surface area (Å²) in [6.07, 6.45) is 5.15. The molecule has 1 aliphatic heterocycles. The zero-order valence-corrected chi connectivity index (χ0v) is 14.8. The summed E-state index contributed by atoms with van der Waals surface area (Å²) in [4.78, 5) is 32.3. The monoisotopic (exact) mass is 356 g/mol. The van der Waals surface area contributed by atoms with E-state index in [2.05, 4.69) is 15.4 Å². The highest BCUT2D eigenvalue weighted by molar-refractivity contribution is 5.89. The lowest BCUT2D eigenvalue weighted by atomic mass is 10.2. The molecular formula is C18H24N6O2. The number of aromatic nitrogens is 3. The average molecular weight is 356 g/mol. The summed E-state index contributed by atoms with van der Waals surface area (Å²) in [6, 6.07) is 9.29. The minimum Gasteiger partial charge on any atom is -0.341 e. The van der Waals surface area contributed by atoms with Gasteiger partial charge >= 0.3 is 6.03 Å². The Morgan fingerprint density at radius 3 is 2.58 bits per heavy atom. The minimum atomic E-state index is -0.114. The molecule has 0 unspecified atom stereocenters. The second kappa shape index (κ2) is 8.98. The topological polar surface area (TPSA) is 83.4 Å². The zero-order valence-electron chi connectivity index (χ0n) is 14.8. The molecule has 3 rings (SSSR count). The Morgan fingerprint density at radius 2 is 1.81 bits per heavy atom. The third-order valence-corrected chi connectivity index (χ3v) is 4.41. The standard InChI is InChI=1S/C18H24N6O2/c25-17(8-4-11-24-15-19-14-20-24)22-9-5-10-23(13-12-22)18(26)21-16-6-2-1-3-7-16/h1-3,6-7,14-15H,4-5,8-13H2,(H,21,26). The number of aryl methyl sites for hydroxylation is 1. The van der Waals surface area contributed by atoms with Crippen molar-refractivity contribution in [1.82, 2.24) is 24.6 Å². The zero-order chi connectivity index (χ0) is 18.2. The van der Waals surface area contributed by atoms with Crippen molar-refractivity contribution in [2.24, 2.45) is 0 Å². The maximum atomic E-state index is 12.4. The highest BCUT2D eigenvalue weighted by Gasteiger charge is 2.21. The molecule has 1 aromatic heterocycles. The molecule has 1 N–H and O–H groups in total. The van der Waals surface area contributed by atoms with Crippen LogP contribution in [0.2, 0.25) is 0 Å². The number of nitrogens with one attached hydrogen (secondary N) is 1. The predicted octanol–water partition coefficient (Wildman–Crippen LogP) is 1.82. The normalized spacial score (nSPS) is 14.8. The van der Waals surface area contributed by atoms with E-state index in [9.17, 15) is 9.59 Å². The van der Waals surface area contributed by atoms with E-state index in [0.717, 1.165) is 18.5 Å². The fraction of sp³-hybridized carbons (Fsp3) is 0.444. The summed E-state index contributed by atoms with van der Waals surface area (Å²) in [5, 5.41) is 6.94. The van der Waals surface area contributed by atoms with Crippen molar-refractivity contribution in [2.75, 3.05) is 31.5 Å². The number of nitrogens with zero attached hydrogens (tertiary/aromatic N) is 5. The van der Waals surface area contributed by atoms with Gasteiger partial charge in [-0.25, -0.2) is 9.78 Å². The van der Waals surface area contributed by atoms with Gasteiger partial charge in [0.05, 0.1) is 0 Å². The van der Waals surface area contributed by atoms with Crippen LogP contribution in [0, 0.1) is 0 Å². The largest absolute Gasteiger partial charge is 0.341 e. The Labute approximate surface area is 152 Å². The van der Waals surface area contributed by atoms with Gasteiger partial charge in [0.2, 0.25) is 5.91 Å². The van der Waals surface area contributed by atoms with Gasteiger partial charge in [-0.1, -0.05) is 18.2 Å². The molecule has 0 atom stereocenters. The smallest absolute Gasteiger partial charge is 0.321 e. The first-order valence-electron chi connectivity index (χ1n) is 8.93. The molecule has 1 aliphatic rings. The molecule has 0 bridgehead atoms. The van der Waals surface area contributed by atoms with E-state index in [1.165, 1.54) is 6.33 Å². The molecule has 3 amide bonds. The highest BCUT2D eigenvalue weighted by Crippen LogP contribution is 2.10. The van der Waals surface area contributed by atoms with Crippen LogP contribution >= 0.6 is 0 Å². The van der Waals surface area contributed by atoms with Crippen molar-refractivity contribution >= 4 is 17.6 Å². The maximum Gasteiger partial charge on any atom is 0.321 e. The Hall–Kier alpha value is -2.90. The van der Waals surface area contributed by atoms with Crippen LogP contribution in [-0.2, 0) is 11.3 Å². The van der Waals surface area contributed by atoms with E-state index in [1.54, 1.807) is 15.9 Å². The molecule has 2 aromatic rings. The lowest BCUT2D eigenvalue weighted by Gasteiger charge is -2.22. The number of hydrogen-bond donors (Lipinski definition) is 1. The van der Waals surface area contributed by atoms with Crippen LogP contribution in [0.15, 0.2) is 43.0 Å². The first-order chi connectivity index (χ1) is 12.7. The lowest BCUT2D eigenvalue weighted by molar-refractivity contribution is -0.131. The lowest BCUT2D eigenvalue weighted by Crippen LogP contribution is -2.39. The third kappa shape index (κ3) is 5.05. The van der Waals surface area contributed by atoms with E-state index in [1.807, 2.05) is 35.2 Å². The van der Waals surface area contributed by atoms with Gasteiger partial charge in [0, 0.05) is 44.8 Å². The van der Waals surface area contributed by atoms with E-state index < -0.39 is 0 Å². The van der Waals surface area contributed by atoms with Gasteiger partial charge in [-0.05, 0) is 25.0 Å². The number of urea groups is 1. The number of rotatable bonds is 5. The van der Waals surface area contributed by atoms with Gasteiger partial charge in [-0.15, -0.1) is 0 Å². The molecular weight excluding hydrogens is 332 g/mol. The van der Waals surface area contributed by atoms with Crippen LogP contribution in [0.25, 0.3) is 0 Å². The molecule has 0 aliphatic carbocycles. The number of hydrogen-bond acceptors (Lipinski definition) is 4. The number of benzene rings is 1. The summed E-state index contributed by atoms with van der Waals surface area (Å²) >= 11 is 0. The Kier molecular flexibility index (Phi) is 6.19. The summed E-state index contributed by atoms with van der Waals surface area (Å²) in [5.41, 5.74) is 0.780.